The van der Waals surface area contributed by atoms with E-state index in [9.17, 15) is 14.3 Å². The predicted molar refractivity (Wildman–Crippen MR) is 165 cm³/mol. The lowest BCUT2D eigenvalue weighted by Crippen LogP contribution is -2.57. The Morgan fingerprint density at radius 3 is 2.29 bits per heavy atom. The van der Waals surface area contributed by atoms with Crippen molar-refractivity contribution in [1.29, 1.82) is 0 Å². The van der Waals surface area contributed by atoms with E-state index < -0.39 is 0 Å². The minimum Gasteiger partial charge on any atom is -0.508 e. The number of carbonyl (C=O) groups is 1. The predicted octanol–water partition coefficient (Wildman–Crippen LogP) is 7.74. The van der Waals surface area contributed by atoms with Crippen LogP contribution in [0, 0.1) is 5.82 Å². The number of aromatic nitrogens is 1. The molecule has 1 amide bonds. The number of pyridine rings is 1. The number of hydrogen-bond acceptors (Lipinski definition) is 5. The highest BCUT2D eigenvalue weighted by atomic mass is 32.2. The zero-order valence-electron chi connectivity index (χ0n) is 22.7. The van der Waals surface area contributed by atoms with Crippen molar-refractivity contribution in [2.75, 3.05) is 10.7 Å². The van der Waals surface area contributed by atoms with Gasteiger partial charge in [0.15, 0.2) is 0 Å². The fourth-order valence-electron chi connectivity index (χ4n) is 5.14. The molecule has 4 aromatic carbocycles. The summed E-state index contributed by atoms with van der Waals surface area (Å²) in [7, 11) is 0. The second-order valence-electron chi connectivity index (χ2n) is 10.1. The van der Waals surface area contributed by atoms with Gasteiger partial charge in [0.05, 0.1) is 18.8 Å². The molecule has 0 radical (unpaired) electrons. The number of halogens is 1. The summed E-state index contributed by atoms with van der Waals surface area (Å²) in [6.07, 6.45) is 3.22. The number of benzene rings is 4. The first-order chi connectivity index (χ1) is 20.6. The van der Waals surface area contributed by atoms with Crippen LogP contribution in [0.3, 0.4) is 0 Å². The highest BCUT2D eigenvalue weighted by Crippen LogP contribution is 2.46. The summed E-state index contributed by atoms with van der Waals surface area (Å²) in [6, 6.07) is 34.8. The van der Waals surface area contributed by atoms with E-state index in [0.717, 1.165) is 33.5 Å². The van der Waals surface area contributed by atoms with Crippen LogP contribution in [0.25, 0.3) is 11.1 Å². The summed E-state index contributed by atoms with van der Waals surface area (Å²) in [5.74, 6) is 0.386. The summed E-state index contributed by atoms with van der Waals surface area (Å²) < 4.78 is 20.0. The zero-order valence-corrected chi connectivity index (χ0v) is 23.5. The van der Waals surface area contributed by atoms with E-state index in [0.29, 0.717) is 12.4 Å². The number of phenolic OH excluding ortho intramolecular Hbond substituents is 1. The lowest BCUT2D eigenvalue weighted by Gasteiger charge is -2.47. The minimum absolute atomic E-state index is 0.00752. The van der Waals surface area contributed by atoms with Gasteiger partial charge in [0.1, 0.15) is 16.8 Å². The summed E-state index contributed by atoms with van der Waals surface area (Å²) in [4.78, 5) is 19.7. The van der Waals surface area contributed by atoms with Gasteiger partial charge in [0.25, 0.3) is 0 Å². The van der Waals surface area contributed by atoms with E-state index in [4.69, 9.17) is 4.74 Å². The summed E-state index contributed by atoms with van der Waals surface area (Å²) in [5, 5.41) is 9.56. The van der Waals surface area contributed by atoms with Crippen molar-refractivity contribution in [1.82, 2.24) is 4.98 Å². The van der Waals surface area contributed by atoms with Gasteiger partial charge in [-0.25, -0.2) is 4.39 Å². The molecule has 7 heteroatoms. The quantitative estimate of drug-likeness (QED) is 0.172. The van der Waals surface area contributed by atoms with Gasteiger partial charge in [0.2, 0.25) is 5.91 Å². The molecule has 3 atom stereocenters. The topological polar surface area (TPSA) is 62.7 Å². The Kier molecular flexibility index (Phi) is 8.30. The molecule has 0 unspecified atom stereocenters. The Balaban J connectivity index is 1.23. The monoisotopic (exact) mass is 576 g/mol. The summed E-state index contributed by atoms with van der Waals surface area (Å²) in [5.41, 5.74) is 5.66. The lowest BCUT2D eigenvalue weighted by atomic mass is 9.92. The lowest BCUT2D eigenvalue weighted by molar-refractivity contribution is -0.123. The number of rotatable bonds is 10. The van der Waals surface area contributed by atoms with Crippen LogP contribution < -0.4 is 4.90 Å². The van der Waals surface area contributed by atoms with Crippen molar-refractivity contribution >= 4 is 23.4 Å². The minimum atomic E-state index is -0.351. The molecule has 0 spiro atoms. The van der Waals surface area contributed by atoms with Crippen molar-refractivity contribution in [3.05, 3.63) is 150 Å². The van der Waals surface area contributed by atoms with E-state index in [1.165, 1.54) is 23.9 Å². The molecule has 0 aliphatic carbocycles. The van der Waals surface area contributed by atoms with E-state index in [-0.39, 0.29) is 34.9 Å². The smallest absolute Gasteiger partial charge is 0.243 e. The van der Waals surface area contributed by atoms with Crippen LogP contribution in [0.2, 0.25) is 0 Å². The molecule has 210 valence electrons. The van der Waals surface area contributed by atoms with Gasteiger partial charge in [-0.05, 0) is 70.3 Å². The first-order valence-electron chi connectivity index (χ1n) is 13.7. The number of anilines is 1. The Labute approximate surface area is 248 Å². The van der Waals surface area contributed by atoms with Gasteiger partial charge in [0, 0.05) is 23.8 Å². The fraction of sp³-hybridized carbons (Fsp3) is 0.143. The average molecular weight is 577 g/mol. The number of carbonyl (C=O) groups excluding carboxylic acids is 1. The molecule has 1 aliphatic rings. The Bertz CT molecular complexity index is 1620. The molecule has 0 saturated carbocycles. The van der Waals surface area contributed by atoms with Gasteiger partial charge in [-0.15, -0.1) is 11.8 Å². The number of nitrogens with zero attached hydrogens (tertiary/aromatic N) is 2. The van der Waals surface area contributed by atoms with Crippen LogP contribution in [-0.2, 0) is 16.1 Å². The number of β-lactam (4-membered cyclic amide) rings is 1. The van der Waals surface area contributed by atoms with Gasteiger partial charge < -0.3 is 14.7 Å². The molecule has 1 fully saturated rings. The standard InChI is InChI=1S/C35H29FN2O3S/c36-29-14-8-26(9-15-29)32(41-22-24-5-2-1-3-6-24)23-42-34-33(27-12-18-31(39)19-13-27)38(35(34)40)30-16-10-25(11-17-30)28-7-4-20-37-21-28/h1-21,32-34,39H,22-23H2/t32-,33+,34+/m0/s1. The molecule has 1 saturated heterocycles. The van der Waals surface area contributed by atoms with Crippen LogP contribution in [0.1, 0.15) is 28.8 Å². The maximum atomic E-state index is 13.7. The summed E-state index contributed by atoms with van der Waals surface area (Å²) >= 11 is 1.54. The van der Waals surface area contributed by atoms with Crippen LogP contribution >= 0.6 is 11.8 Å². The SMILES string of the molecule is O=C1[C@H](SC[C@H](OCc2ccccc2)c2ccc(F)cc2)[C@@H](c2ccc(O)cc2)N1c1ccc(-c2cccnc2)cc1. The molecular weight excluding hydrogens is 547 g/mol. The van der Waals surface area contributed by atoms with Crippen molar-refractivity contribution in [2.45, 2.75) is 24.0 Å². The maximum absolute atomic E-state index is 13.7. The summed E-state index contributed by atoms with van der Waals surface area (Å²) in [6.45, 7) is 0.402. The van der Waals surface area contributed by atoms with Crippen LogP contribution in [-0.4, -0.2) is 27.0 Å². The van der Waals surface area contributed by atoms with E-state index in [1.807, 2.05) is 90.0 Å². The van der Waals surface area contributed by atoms with Crippen molar-refractivity contribution in [2.24, 2.45) is 0 Å². The number of hydrogen-bond donors (Lipinski definition) is 1. The molecule has 2 heterocycles. The number of phenols is 1. The average Bonchev–Trinajstić information content (AvgIpc) is 3.03. The number of ether oxygens (including phenoxy) is 1. The van der Waals surface area contributed by atoms with Crippen molar-refractivity contribution < 1.29 is 19.0 Å². The Morgan fingerprint density at radius 2 is 1.60 bits per heavy atom. The fourth-order valence-corrected chi connectivity index (χ4v) is 6.52. The highest BCUT2D eigenvalue weighted by Gasteiger charge is 2.49. The normalized spacial score (nSPS) is 17.1. The highest BCUT2D eigenvalue weighted by molar-refractivity contribution is 8.00. The van der Waals surface area contributed by atoms with Crippen LogP contribution in [0.15, 0.2) is 128 Å². The van der Waals surface area contributed by atoms with Crippen molar-refractivity contribution in [3.8, 4) is 16.9 Å². The largest absolute Gasteiger partial charge is 0.508 e. The van der Waals surface area contributed by atoms with E-state index in [1.54, 1.807) is 30.5 Å². The number of aromatic hydroxyl groups is 1. The molecule has 42 heavy (non-hydrogen) atoms. The Morgan fingerprint density at radius 1 is 0.857 bits per heavy atom. The first kappa shape index (κ1) is 27.7. The molecule has 1 aromatic heterocycles. The third-order valence-electron chi connectivity index (χ3n) is 7.38. The molecule has 5 nitrogen and oxygen atoms in total. The molecule has 0 bridgehead atoms. The molecule has 1 N–H and O–H groups in total. The number of thioether (sulfide) groups is 1. The second kappa shape index (κ2) is 12.6. The molecule has 6 rings (SSSR count). The van der Waals surface area contributed by atoms with Gasteiger partial charge in [-0.2, -0.15) is 0 Å². The maximum Gasteiger partial charge on any atom is 0.243 e. The zero-order chi connectivity index (χ0) is 28.9. The van der Waals surface area contributed by atoms with Gasteiger partial charge in [-0.3, -0.25) is 9.78 Å². The van der Waals surface area contributed by atoms with Crippen LogP contribution in [0.4, 0.5) is 10.1 Å². The van der Waals surface area contributed by atoms with E-state index in [2.05, 4.69) is 4.98 Å². The second-order valence-corrected chi connectivity index (χ2v) is 11.3. The number of amides is 1. The first-order valence-corrected chi connectivity index (χ1v) is 14.8. The van der Waals surface area contributed by atoms with Crippen LogP contribution in [0.5, 0.6) is 5.75 Å². The Hall–Kier alpha value is -4.46. The van der Waals surface area contributed by atoms with Gasteiger partial charge >= 0.3 is 0 Å². The third-order valence-corrected chi connectivity index (χ3v) is 8.70. The molecular formula is C35H29FN2O3S. The van der Waals surface area contributed by atoms with Crippen molar-refractivity contribution in [3.63, 3.8) is 0 Å². The molecule has 5 aromatic rings. The third kappa shape index (κ3) is 6.08. The van der Waals surface area contributed by atoms with Gasteiger partial charge in [-0.1, -0.05) is 72.8 Å². The van der Waals surface area contributed by atoms with E-state index >= 15 is 0 Å². The molecule has 1 aliphatic heterocycles.